The molecule has 33 heavy (non-hydrogen) atoms. The average Bonchev–Trinajstić information content (AvgIpc) is 3.21. The summed E-state index contributed by atoms with van der Waals surface area (Å²) < 4.78 is 7.53. The Kier molecular flexibility index (Phi) is 6.79. The van der Waals surface area contributed by atoms with Gasteiger partial charge in [0.25, 0.3) is 0 Å². The van der Waals surface area contributed by atoms with E-state index in [1.807, 2.05) is 86.8 Å². The predicted molar refractivity (Wildman–Crippen MR) is 131 cm³/mol. The van der Waals surface area contributed by atoms with Gasteiger partial charge in [0.15, 0.2) is 0 Å². The molecule has 0 aliphatic carbocycles. The van der Waals surface area contributed by atoms with Crippen molar-refractivity contribution in [1.29, 1.82) is 0 Å². The third kappa shape index (κ3) is 5.09. The van der Waals surface area contributed by atoms with E-state index in [-0.39, 0.29) is 6.04 Å². The molecular formula is C28H28N2O3. The molecule has 0 saturated heterocycles. The highest BCUT2D eigenvalue weighted by Gasteiger charge is 2.28. The number of para-hydroxylation sites is 2. The SMILES string of the molecule is COn1cc(C(C=C(C)C)N(Cc2ccccc2)C(=O)Oc2ccccc2)c2ccccc21. The fourth-order valence-corrected chi connectivity index (χ4v) is 3.93. The molecule has 1 aromatic heterocycles. The van der Waals surface area contributed by atoms with Gasteiger partial charge >= 0.3 is 6.09 Å². The summed E-state index contributed by atoms with van der Waals surface area (Å²) in [7, 11) is 1.64. The van der Waals surface area contributed by atoms with Crippen LogP contribution in [0.15, 0.2) is 103 Å². The van der Waals surface area contributed by atoms with Crippen LogP contribution in [0.25, 0.3) is 10.9 Å². The number of fused-ring (bicyclic) bond motifs is 1. The molecule has 4 rings (SSSR count). The molecule has 5 nitrogen and oxygen atoms in total. The van der Waals surface area contributed by atoms with Crippen LogP contribution in [0.4, 0.5) is 4.79 Å². The molecular weight excluding hydrogens is 412 g/mol. The van der Waals surface area contributed by atoms with Gasteiger partial charge in [-0.3, -0.25) is 4.90 Å². The van der Waals surface area contributed by atoms with Crippen molar-refractivity contribution in [1.82, 2.24) is 9.63 Å². The topological polar surface area (TPSA) is 43.7 Å². The minimum absolute atomic E-state index is 0.354. The highest BCUT2D eigenvalue weighted by Crippen LogP contribution is 2.33. The Morgan fingerprint density at radius 1 is 0.939 bits per heavy atom. The number of hydrogen-bond acceptors (Lipinski definition) is 3. The molecule has 1 amide bonds. The molecule has 4 aromatic rings. The minimum atomic E-state index is -0.415. The zero-order chi connectivity index (χ0) is 23.2. The van der Waals surface area contributed by atoms with Gasteiger partial charge in [0.2, 0.25) is 0 Å². The molecule has 0 fully saturated rings. The van der Waals surface area contributed by atoms with Crippen molar-refractivity contribution >= 4 is 17.0 Å². The van der Waals surface area contributed by atoms with Crippen molar-refractivity contribution in [3.05, 3.63) is 114 Å². The Morgan fingerprint density at radius 3 is 2.24 bits per heavy atom. The van der Waals surface area contributed by atoms with Crippen LogP contribution in [0, 0.1) is 0 Å². The highest BCUT2D eigenvalue weighted by molar-refractivity contribution is 5.85. The summed E-state index contributed by atoms with van der Waals surface area (Å²) in [5.74, 6) is 0.510. The van der Waals surface area contributed by atoms with Crippen LogP contribution in [-0.2, 0) is 6.54 Å². The van der Waals surface area contributed by atoms with Gasteiger partial charge in [-0.25, -0.2) is 4.79 Å². The van der Waals surface area contributed by atoms with Crippen molar-refractivity contribution in [2.45, 2.75) is 26.4 Å². The smallest absolute Gasteiger partial charge is 0.416 e. The van der Waals surface area contributed by atoms with Gasteiger partial charge in [0.1, 0.15) is 12.9 Å². The van der Waals surface area contributed by atoms with Crippen molar-refractivity contribution in [3.8, 4) is 5.75 Å². The maximum atomic E-state index is 13.6. The molecule has 3 aromatic carbocycles. The van der Waals surface area contributed by atoms with Crippen molar-refractivity contribution in [2.75, 3.05) is 7.11 Å². The molecule has 0 saturated carbocycles. The third-order valence-electron chi connectivity index (χ3n) is 5.43. The van der Waals surface area contributed by atoms with Crippen LogP contribution in [-0.4, -0.2) is 22.8 Å². The lowest BCUT2D eigenvalue weighted by Gasteiger charge is -2.29. The zero-order valence-corrected chi connectivity index (χ0v) is 19.1. The van der Waals surface area contributed by atoms with Crippen LogP contribution < -0.4 is 9.57 Å². The van der Waals surface area contributed by atoms with Crippen LogP contribution in [0.5, 0.6) is 5.75 Å². The van der Waals surface area contributed by atoms with E-state index in [0.29, 0.717) is 12.3 Å². The maximum Gasteiger partial charge on any atom is 0.416 e. The summed E-state index contributed by atoms with van der Waals surface area (Å²) in [6.07, 6.45) is 3.63. The first-order valence-corrected chi connectivity index (χ1v) is 10.9. The molecule has 0 N–H and O–H groups in total. The number of amides is 1. The first-order valence-electron chi connectivity index (χ1n) is 10.9. The van der Waals surface area contributed by atoms with Gasteiger partial charge < -0.3 is 9.57 Å². The highest BCUT2D eigenvalue weighted by atomic mass is 16.6. The van der Waals surface area contributed by atoms with Gasteiger partial charge in [-0.15, -0.1) is 0 Å². The molecule has 0 aliphatic rings. The Hall–Kier alpha value is -3.99. The van der Waals surface area contributed by atoms with E-state index in [1.165, 1.54) is 0 Å². The number of rotatable bonds is 7. The van der Waals surface area contributed by atoms with E-state index in [0.717, 1.165) is 27.6 Å². The Labute approximate surface area is 194 Å². The van der Waals surface area contributed by atoms with Crippen molar-refractivity contribution < 1.29 is 14.4 Å². The lowest BCUT2D eigenvalue weighted by Crippen LogP contribution is -2.36. The third-order valence-corrected chi connectivity index (χ3v) is 5.43. The molecule has 1 unspecified atom stereocenters. The molecule has 1 atom stereocenters. The number of carbonyl (C=O) groups excluding carboxylic acids is 1. The molecule has 0 spiro atoms. The van der Waals surface area contributed by atoms with Crippen molar-refractivity contribution in [2.24, 2.45) is 0 Å². The summed E-state index contributed by atoms with van der Waals surface area (Å²) in [5, 5.41) is 1.02. The molecule has 0 aliphatic heterocycles. The number of aromatic nitrogens is 1. The second kappa shape index (κ2) is 10.1. The fourth-order valence-electron chi connectivity index (χ4n) is 3.93. The summed E-state index contributed by atoms with van der Waals surface area (Å²) in [6, 6.07) is 26.8. The molecule has 168 valence electrons. The predicted octanol–water partition coefficient (Wildman–Crippen LogP) is 6.41. The molecule has 0 bridgehead atoms. The van der Waals surface area contributed by atoms with E-state index < -0.39 is 6.09 Å². The van der Waals surface area contributed by atoms with Crippen LogP contribution in [0.3, 0.4) is 0 Å². The second-order valence-electron chi connectivity index (χ2n) is 8.09. The van der Waals surface area contributed by atoms with Crippen LogP contribution >= 0.6 is 0 Å². The first-order chi connectivity index (χ1) is 16.1. The van der Waals surface area contributed by atoms with Gasteiger partial charge in [-0.05, 0) is 37.6 Å². The Morgan fingerprint density at radius 2 is 1.58 bits per heavy atom. The Bertz CT molecular complexity index is 1240. The summed E-state index contributed by atoms with van der Waals surface area (Å²) in [4.78, 5) is 20.9. The zero-order valence-electron chi connectivity index (χ0n) is 19.1. The number of hydrogen-bond donors (Lipinski definition) is 0. The van der Waals surface area contributed by atoms with Gasteiger partial charge in [-0.1, -0.05) is 78.4 Å². The lowest BCUT2D eigenvalue weighted by atomic mass is 10.0. The summed E-state index contributed by atoms with van der Waals surface area (Å²) in [5.41, 5.74) is 4.03. The van der Waals surface area contributed by atoms with Crippen molar-refractivity contribution in [3.63, 3.8) is 0 Å². The van der Waals surface area contributed by atoms with E-state index in [4.69, 9.17) is 9.57 Å². The average molecular weight is 441 g/mol. The van der Waals surface area contributed by atoms with E-state index in [9.17, 15) is 4.79 Å². The van der Waals surface area contributed by atoms with E-state index >= 15 is 0 Å². The molecule has 1 heterocycles. The largest absolute Gasteiger partial charge is 0.417 e. The number of allylic oxidation sites excluding steroid dienone is 1. The van der Waals surface area contributed by atoms with E-state index in [1.54, 1.807) is 28.9 Å². The summed E-state index contributed by atoms with van der Waals surface area (Å²) in [6.45, 7) is 4.46. The van der Waals surface area contributed by atoms with Gasteiger partial charge in [0.05, 0.1) is 17.8 Å². The number of nitrogens with zero attached hydrogens (tertiary/aromatic N) is 2. The van der Waals surface area contributed by atoms with Gasteiger partial charge in [0, 0.05) is 17.5 Å². The monoisotopic (exact) mass is 440 g/mol. The quantitative estimate of drug-likeness (QED) is 0.312. The van der Waals surface area contributed by atoms with Crippen LogP contribution in [0.2, 0.25) is 0 Å². The number of benzene rings is 3. The Balaban J connectivity index is 1.82. The van der Waals surface area contributed by atoms with Gasteiger partial charge in [-0.2, -0.15) is 4.73 Å². The minimum Gasteiger partial charge on any atom is -0.417 e. The number of ether oxygens (including phenoxy) is 1. The standard InChI is InChI=1S/C28H28N2O3/c1-21(2)18-27(25-20-30(32-3)26-17-11-10-16-24(25)26)29(19-22-12-6-4-7-13-22)28(31)33-23-14-8-5-9-15-23/h4-18,20,27H,19H2,1-3H3. The fraction of sp³-hybridized carbons (Fsp3) is 0.179. The normalized spacial score (nSPS) is 11.6. The lowest BCUT2D eigenvalue weighted by molar-refractivity contribution is 0.136. The molecule has 0 radical (unpaired) electrons. The van der Waals surface area contributed by atoms with Crippen LogP contribution in [0.1, 0.15) is 31.0 Å². The van der Waals surface area contributed by atoms with E-state index in [2.05, 4.69) is 12.1 Å². The summed E-state index contributed by atoms with van der Waals surface area (Å²) >= 11 is 0. The maximum absolute atomic E-state index is 13.6. The second-order valence-corrected chi connectivity index (χ2v) is 8.09. The number of carbonyl (C=O) groups is 1. The molecule has 5 heteroatoms. The first kappa shape index (κ1) is 22.2.